The third kappa shape index (κ3) is 2.57. The molecule has 16 heavy (non-hydrogen) atoms. The highest BCUT2D eigenvalue weighted by Crippen LogP contribution is 2.26. The Balaban J connectivity index is 3.13. The van der Waals surface area contributed by atoms with Crippen molar-refractivity contribution < 1.29 is 23.8 Å². The zero-order chi connectivity index (χ0) is 12.3. The first kappa shape index (κ1) is 12.6. The first-order chi connectivity index (χ1) is 7.47. The molecule has 0 unspecified atom stereocenters. The van der Waals surface area contributed by atoms with Gasteiger partial charge in [0.15, 0.2) is 11.6 Å². The van der Waals surface area contributed by atoms with Crippen LogP contribution in [0.25, 0.3) is 0 Å². The Labute approximate surface area is 99.2 Å². The number of ether oxygens (including phenoxy) is 1. The van der Waals surface area contributed by atoms with Gasteiger partial charge in [0.1, 0.15) is 0 Å². The Bertz CT molecular complexity index is 445. The minimum absolute atomic E-state index is 0.0296. The predicted molar refractivity (Wildman–Crippen MR) is 56.7 cm³/mol. The molecule has 0 aromatic heterocycles. The number of carbonyl (C=O) groups is 2. The highest BCUT2D eigenvalue weighted by Gasteiger charge is 2.23. The largest absolute Gasteiger partial charge is 0.504 e. The number of phenolic OH excluding ortho intramolecular Hbond substituents is 1. The van der Waals surface area contributed by atoms with Crippen molar-refractivity contribution in [3.63, 3.8) is 0 Å². The van der Waals surface area contributed by atoms with E-state index in [9.17, 15) is 19.1 Å². The lowest BCUT2D eigenvalue weighted by Gasteiger charge is -2.05. The van der Waals surface area contributed by atoms with Gasteiger partial charge in [-0.2, -0.15) is 0 Å². The normalized spacial score (nSPS) is 9.94. The van der Waals surface area contributed by atoms with Crippen LogP contribution in [0.15, 0.2) is 16.6 Å². The molecule has 1 N–H and O–H groups in total. The summed E-state index contributed by atoms with van der Waals surface area (Å²) in [6, 6.07) is 2.13. The zero-order valence-electron chi connectivity index (χ0n) is 8.29. The van der Waals surface area contributed by atoms with Gasteiger partial charge in [0.05, 0.1) is 12.2 Å². The summed E-state index contributed by atoms with van der Waals surface area (Å²) in [7, 11) is 0. The number of hydrogen-bond donors (Lipinski definition) is 1. The van der Waals surface area contributed by atoms with E-state index in [4.69, 9.17) is 0 Å². The molecule has 0 fully saturated rings. The van der Waals surface area contributed by atoms with E-state index in [-0.39, 0.29) is 11.1 Å². The number of halogens is 2. The maximum absolute atomic E-state index is 13.1. The van der Waals surface area contributed by atoms with Crippen molar-refractivity contribution in [2.45, 2.75) is 6.92 Å². The fourth-order valence-electron chi connectivity index (χ4n) is 1.05. The number of esters is 1. The molecule has 1 aromatic rings. The third-order valence-corrected chi connectivity index (χ3v) is 2.19. The second-order valence-corrected chi connectivity index (χ2v) is 3.75. The molecule has 6 heteroatoms. The van der Waals surface area contributed by atoms with Gasteiger partial charge in [0.25, 0.3) is 5.78 Å². The van der Waals surface area contributed by atoms with Gasteiger partial charge >= 0.3 is 5.97 Å². The third-order valence-electron chi connectivity index (χ3n) is 1.73. The Morgan fingerprint density at radius 2 is 2.12 bits per heavy atom. The van der Waals surface area contributed by atoms with Gasteiger partial charge in [-0.25, -0.2) is 9.18 Å². The lowest BCUT2D eigenvalue weighted by molar-refractivity contribution is -0.137. The van der Waals surface area contributed by atoms with Crippen molar-refractivity contribution in [1.82, 2.24) is 0 Å². The molecule has 0 aliphatic rings. The summed E-state index contributed by atoms with van der Waals surface area (Å²) in [5, 5.41) is 9.29. The summed E-state index contributed by atoms with van der Waals surface area (Å²) in [4.78, 5) is 22.5. The van der Waals surface area contributed by atoms with Gasteiger partial charge in [-0.05, 0) is 19.1 Å². The summed E-state index contributed by atoms with van der Waals surface area (Å²) < 4.78 is 17.8. The van der Waals surface area contributed by atoms with Crippen LogP contribution >= 0.6 is 15.9 Å². The van der Waals surface area contributed by atoms with Gasteiger partial charge in [-0.15, -0.1) is 0 Å². The number of rotatable bonds is 3. The molecule has 0 atom stereocenters. The molecule has 0 saturated heterocycles. The van der Waals surface area contributed by atoms with Crippen molar-refractivity contribution in [2.75, 3.05) is 6.61 Å². The molecule has 0 bridgehead atoms. The van der Waals surface area contributed by atoms with E-state index in [1.165, 1.54) is 6.92 Å². The molecule has 0 aliphatic heterocycles. The van der Waals surface area contributed by atoms with Crippen molar-refractivity contribution in [1.29, 1.82) is 0 Å². The number of aromatic hydroxyl groups is 1. The molecule has 1 rings (SSSR count). The minimum Gasteiger partial charge on any atom is -0.504 e. The number of carbonyl (C=O) groups excluding carboxylic acids is 2. The van der Waals surface area contributed by atoms with E-state index < -0.39 is 28.9 Å². The first-order valence-electron chi connectivity index (χ1n) is 4.36. The fraction of sp³-hybridized carbons (Fsp3) is 0.200. The maximum atomic E-state index is 13.1. The van der Waals surface area contributed by atoms with Crippen molar-refractivity contribution in [3.8, 4) is 5.75 Å². The molecule has 0 saturated carbocycles. The van der Waals surface area contributed by atoms with E-state index in [1.807, 2.05) is 0 Å². The first-order valence-corrected chi connectivity index (χ1v) is 5.16. The standard InChI is InChI=1S/C10H8BrFO4/c1-2-16-10(15)9(14)6-3-5(11)4-7(12)8(6)13/h3-4,13H,2H2,1H3. The minimum atomic E-state index is -1.13. The topological polar surface area (TPSA) is 63.6 Å². The average Bonchev–Trinajstić information content (AvgIpc) is 2.22. The summed E-state index contributed by atoms with van der Waals surface area (Å²) >= 11 is 2.95. The number of hydrogen-bond acceptors (Lipinski definition) is 4. The summed E-state index contributed by atoms with van der Waals surface area (Å²) in [6.07, 6.45) is 0. The van der Waals surface area contributed by atoms with E-state index >= 15 is 0 Å². The van der Waals surface area contributed by atoms with Gasteiger partial charge in [-0.1, -0.05) is 15.9 Å². The molecular formula is C10H8BrFO4. The lowest BCUT2D eigenvalue weighted by atomic mass is 10.1. The summed E-state index contributed by atoms with van der Waals surface area (Å²) in [5.41, 5.74) is -0.426. The van der Waals surface area contributed by atoms with Crippen LogP contribution in [0.5, 0.6) is 5.75 Å². The molecule has 0 spiro atoms. The predicted octanol–water partition coefficient (Wildman–Crippen LogP) is 2.04. The van der Waals surface area contributed by atoms with Gasteiger partial charge in [-0.3, -0.25) is 4.79 Å². The molecule has 1 aromatic carbocycles. The highest BCUT2D eigenvalue weighted by atomic mass is 79.9. The maximum Gasteiger partial charge on any atom is 0.379 e. The van der Waals surface area contributed by atoms with Gasteiger partial charge < -0.3 is 9.84 Å². The monoisotopic (exact) mass is 290 g/mol. The Hall–Kier alpha value is -1.43. The van der Waals surface area contributed by atoms with Crippen molar-refractivity contribution >= 4 is 27.7 Å². The van der Waals surface area contributed by atoms with Crippen LogP contribution in [-0.2, 0) is 9.53 Å². The van der Waals surface area contributed by atoms with Crippen LogP contribution in [0.2, 0.25) is 0 Å². The number of Topliss-reactive ketones (excluding diaryl/α,β-unsaturated/α-hetero) is 1. The quantitative estimate of drug-likeness (QED) is 0.526. The fourth-order valence-corrected chi connectivity index (χ4v) is 1.48. The Kier molecular flexibility index (Phi) is 4.00. The molecular weight excluding hydrogens is 283 g/mol. The summed E-state index contributed by atoms with van der Waals surface area (Å²) in [5.74, 6) is -4.06. The second kappa shape index (κ2) is 5.07. The SMILES string of the molecule is CCOC(=O)C(=O)c1cc(Br)cc(F)c1O. The summed E-state index contributed by atoms with van der Waals surface area (Å²) in [6.45, 7) is 1.56. The van der Waals surface area contributed by atoms with E-state index in [0.717, 1.165) is 12.1 Å². The van der Waals surface area contributed by atoms with E-state index in [1.54, 1.807) is 0 Å². The van der Waals surface area contributed by atoms with Gasteiger partial charge in [0.2, 0.25) is 0 Å². The van der Waals surface area contributed by atoms with E-state index in [0.29, 0.717) is 0 Å². The highest BCUT2D eigenvalue weighted by molar-refractivity contribution is 9.10. The Morgan fingerprint density at radius 3 is 2.69 bits per heavy atom. The van der Waals surface area contributed by atoms with Crippen LogP contribution in [-0.4, -0.2) is 23.5 Å². The number of ketones is 1. The van der Waals surface area contributed by atoms with Crippen LogP contribution in [0.1, 0.15) is 17.3 Å². The molecule has 0 radical (unpaired) electrons. The van der Waals surface area contributed by atoms with Crippen LogP contribution in [0, 0.1) is 5.82 Å². The number of phenols is 1. The lowest BCUT2D eigenvalue weighted by Crippen LogP contribution is -2.17. The van der Waals surface area contributed by atoms with Crippen LogP contribution in [0.3, 0.4) is 0 Å². The van der Waals surface area contributed by atoms with Gasteiger partial charge in [0, 0.05) is 4.47 Å². The van der Waals surface area contributed by atoms with Crippen LogP contribution < -0.4 is 0 Å². The molecule has 0 heterocycles. The zero-order valence-corrected chi connectivity index (χ0v) is 9.88. The average molecular weight is 291 g/mol. The van der Waals surface area contributed by atoms with Crippen molar-refractivity contribution in [2.24, 2.45) is 0 Å². The molecule has 4 nitrogen and oxygen atoms in total. The molecule has 0 aliphatic carbocycles. The molecule has 86 valence electrons. The van der Waals surface area contributed by atoms with Crippen molar-refractivity contribution in [3.05, 3.63) is 28.0 Å². The van der Waals surface area contributed by atoms with E-state index in [2.05, 4.69) is 20.7 Å². The van der Waals surface area contributed by atoms with Crippen LogP contribution in [0.4, 0.5) is 4.39 Å². The molecule has 0 amide bonds. The smallest absolute Gasteiger partial charge is 0.379 e. The Morgan fingerprint density at radius 1 is 1.50 bits per heavy atom. The second-order valence-electron chi connectivity index (χ2n) is 2.83. The number of benzene rings is 1.